The van der Waals surface area contributed by atoms with Gasteiger partial charge >= 0.3 is 0 Å². The van der Waals surface area contributed by atoms with Gasteiger partial charge in [-0.2, -0.15) is 0 Å². The minimum Gasteiger partial charge on any atom is -0.383 e. The van der Waals surface area contributed by atoms with Gasteiger partial charge in [0.2, 0.25) is 5.91 Å². The minimum atomic E-state index is -0.295. The fraction of sp³-hybridized carbons (Fsp3) is 0.381. The molecule has 0 saturated carbocycles. The van der Waals surface area contributed by atoms with E-state index in [4.69, 9.17) is 10.7 Å². The Bertz CT molecular complexity index is 1010. The minimum absolute atomic E-state index is 0.0293. The fourth-order valence-electron chi connectivity index (χ4n) is 3.47. The van der Waals surface area contributed by atoms with Crippen molar-refractivity contribution in [3.63, 3.8) is 0 Å². The zero-order valence-electron chi connectivity index (χ0n) is 16.1. The van der Waals surface area contributed by atoms with E-state index in [0.717, 1.165) is 28.6 Å². The van der Waals surface area contributed by atoms with E-state index in [0.29, 0.717) is 17.5 Å². The summed E-state index contributed by atoms with van der Waals surface area (Å²) in [5, 5.41) is 4.29. The number of fused-ring (bicyclic) bond motifs is 3. The molecule has 146 valence electrons. The molecule has 1 atom stereocenters. The summed E-state index contributed by atoms with van der Waals surface area (Å²) in [6, 6.07) is 8.16. The smallest absolute Gasteiger partial charge is 0.233 e. The van der Waals surface area contributed by atoms with Crippen LogP contribution in [-0.2, 0) is 24.2 Å². The van der Waals surface area contributed by atoms with Gasteiger partial charge < -0.3 is 11.1 Å². The number of aryl methyl sites for hydroxylation is 3. The molecular weight excluding hydrogens is 388 g/mol. The van der Waals surface area contributed by atoms with E-state index < -0.39 is 0 Å². The Labute approximate surface area is 173 Å². The number of thioether (sulfide) groups is 1. The number of rotatable bonds is 5. The summed E-state index contributed by atoms with van der Waals surface area (Å²) in [6.07, 6.45) is 4.60. The molecule has 0 spiro atoms. The molecule has 5 nitrogen and oxygen atoms in total. The molecule has 0 saturated heterocycles. The van der Waals surface area contributed by atoms with Crippen molar-refractivity contribution >= 4 is 45.0 Å². The number of carbonyl (C=O) groups excluding carboxylic acids is 1. The van der Waals surface area contributed by atoms with E-state index in [1.54, 1.807) is 11.3 Å². The van der Waals surface area contributed by atoms with E-state index in [2.05, 4.69) is 10.3 Å². The molecule has 1 aliphatic carbocycles. The molecule has 0 aliphatic heterocycles. The Morgan fingerprint density at radius 1 is 1.25 bits per heavy atom. The highest BCUT2D eigenvalue weighted by molar-refractivity contribution is 8.00. The van der Waals surface area contributed by atoms with Crippen molar-refractivity contribution in [1.29, 1.82) is 0 Å². The van der Waals surface area contributed by atoms with Crippen molar-refractivity contribution in [3.8, 4) is 0 Å². The molecule has 0 bridgehead atoms. The number of thiophene rings is 1. The number of amides is 1. The number of nitrogen functional groups attached to an aromatic ring is 1. The summed E-state index contributed by atoms with van der Waals surface area (Å²) in [7, 11) is 0. The second kappa shape index (κ2) is 8.09. The van der Waals surface area contributed by atoms with E-state index in [9.17, 15) is 4.79 Å². The van der Waals surface area contributed by atoms with Crippen LogP contribution in [0.3, 0.4) is 0 Å². The summed E-state index contributed by atoms with van der Waals surface area (Å²) in [5.41, 5.74) is 9.90. The molecular formula is C21H24N4OS2. The maximum atomic E-state index is 12.5. The van der Waals surface area contributed by atoms with Gasteiger partial charge in [-0.1, -0.05) is 41.6 Å². The number of aromatic nitrogens is 2. The number of hydrogen-bond acceptors (Lipinski definition) is 6. The van der Waals surface area contributed by atoms with Crippen LogP contribution in [0.4, 0.5) is 5.82 Å². The number of hydrogen-bond donors (Lipinski definition) is 2. The van der Waals surface area contributed by atoms with Gasteiger partial charge in [0.25, 0.3) is 0 Å². The van der Waals surface area contributed by atoms with E-state index >= 15 is 0 Å². The molecule has 0 fully saturated rings. The molecule has 1 aromatic carbocycles. The van der Waals surface area contributed by atoms with Gasteiger partial charge in [0, 0.05) is 11.4 Å². The lowest BCUT2D eigenvalue weighted by Gasteiger charge is -2.12. The first-order chi connectivity index (χ1) is 13.5. The lowest BCUT2D eigenvalue weighted by molar-refractivity contribution is -0.120. The number of nitrogens with two attached hydrogens (primary N) is 1. The molecule has 2 aromatic heterocycles. The Morgan fingerprint density at radius 3 is 2.79 bits per heavy atom. The third-order valence-electron chi connectivity index (χ3n) is 5.06. The number of nitrogens with one attached hydrogen (secondary N) is 1. The van der Waals surface area contributed by atoms with Gasteiger partial charge in [0.1, 0.15) is 10.6 Å². The van der Waals surface area contributed by atoms with Crippen LogP contribution < -0.4 is 11.1 Å². The van der Waals surface area contributed by atoms with Gasteiger partial charge in [0.05, 0.1) is 10.6 Å². The molecule has 0 radical (unpaired) electrons. The van der Waals surface area contributed by atoms with E-state index in [1.807, 2.05) is 38.1 Å². The SMILES string of the molecule is Cc1ccc(CNC(=O)C(C)Sc2nc(N)c3c4c(sc3n2)CCCC4)cc1. The number of carbonyl (C=O) groups is 1. The largest absolute Gasteiger partial charge is 0.383 e. The van der Waals surface area contributed by atoms with Crippen LogP contribution in [0.15, 0.2) is 29.4 Å². The second-order valence-corrected chi connectivity index (χ2v) is 9.64. The zero-order valence-corrected chi connectivity index (χ0v) is 17.8. The molecule has 2 heterocycles. The zero-order chi connectivity index (χ0) is 19.7. The van der Waals surface area contributed by atoms with Crippen molar-refractivity contribution in [2.75, 3.05) is 5.73 Å². The summed E-state index contributed by atoms with van der Waals surface area (Å²) >= 11 is 3.08. The molecule has 28 heavy (non-hydrogen) atoms. The van der Waals surface area contributed by atoms with Gasteiger partial charge in [-0.05, 0) is 50.7 Å². The second-order valence-electron chi connectivity index (χ2n) is 7.25. The summed E-state index contributed by atoms with van der Waals surface area (Å²) in [5.74, 6) is 0.512. The van der Waals surface area contributed by atoms with Crippen LogP contribution >= 0.6 is 23.1 Å². The molecule has 3 aromatic rings. The van der Waals surface area contributed by atoms with Gasteiger partial charge in [-0.15, -0.1) is 11.3 Å². The van der Waals surface area contributed by atoms with Crippen molar-refractivity contribution in [2.45, 2.75) is 56.5 Å². The van der Waals surface area contributed by atoms with Crippen LogP contribution in [0.25, 0.3) is 10.2 Å². The predicted molar refractivity (Wildman–Crippen MR) is 117 cm³/mol. The molecule has 4 rings (SSSR count). The van der Waals surface area contributed by atoms with Crippen LogP contribution in [-0.4, -0.2) is 21.1 Å². The average Bonchev–Trinajstić information content (AvgIpc) is 3.06. The van der Waals surface area contributed by atoms with Crippen LogP contribution in [0.1, 0.15) is 41.3 Å². The maximum absolute atomic E-state index is 12.5. The topological polar surface area (TPSA) is 80.9 Å². The first-order valence-electron chi connectivity index (χ1n) is 9.59. The third kappa shape index (κ3) is 4.00. The van der Waals surface area contributed by atoms with E-state index in [1.165, 1.54) is 40.6 Å². The van der Waals surface area contributed by atoms with Crippen molar-refractivity contribution in [1.82, 2.24) is 15.3 Å². The molecule has 1 unspecified atom stereocenters. The Morgan fingerprint density at radius 2 is 2.00 bits per heavy atom. The first kappa shape index (κ1) is 19.2. The quantitative estimate of drug-likeness (QED) is 0.483. The molecule has 1 amide bonds. The normalized spacial score (nSPS) is 14.6. The van der Waals surface area contributed by atoms with Crippen LogP contribution in [0.5, 0.6) is 0 Å². The maximum Gasteiger partial charge on any atom is 0.233 e. The number of benzene rings is 1. The number of nitrogens with zero attached hydrogens (tertiary/aromatic N) is 2. The monoisotopic (exact) mass is 412 g/mol. The molecule has 3 N–H and O–H groups in total. The standard InChI is InChI=1S/C21H24N4OS2/c1-12-7-9-14(10-8-12)11-23-19(26)13(2)27-21-24-18(22)17-15-5-3-4-6-16(15)28-20(17)25-21/h7-10,13H,3-6,11H2,1-2H3,(H,23,26)(H2,22,24,25). The highest BCUT2D eigenvalue weighted by Gasteiger charge is 2.22. The first-order valence-corrected chi connectivity index (χ1v) is 11.3. The highest BCUT2D eigenvalue weighted by Crippen LogP contribution is 2.38. The average molecular weight is 413 g/mol. The van der Waals surface area contributed by atoms with Gasteiger partial charge in [-0.25, -0.2) is 9.97 Å². The Balaban J connectivity index is 1.44. The van der Waals surface area contributed by atoms with Gasteiger partial charge in [-0.3, -0.25) is 4.79 Å². The van der Waals surface area contributed by atoms with Crippen molar-refractivity contribution in [3.05, 3.63) is 45.8 Å². The van der Waals surface area contributed by atoms with Crippen molar-refractivity contribution < 1.29 is 4.79 Å². The molecule has 1 aliphatic rings. The Kier molecular flexibility index (Phi) is 5.55. The fourth-order valence-corrected chi connectivity index (χ4v) is 5.60. The predicted octanol–water partition coefficient (Wildman–Crippen LogP) is 4.26. The van der Waals surface area contributed by atoms with Crippen LogP contribution in [0, 0.1) is 6.92 Å². The lowest BCUT2D eigenvalue weighted by atomic mass is 9.97. The molecule has 7 heteroatoms. The number of anilines is 1. The van der Waals surface area contributed by atoms with Crippen LogP contribution in [0.2, 0.25) is 0 Å². The Hall–Kier alpha value is -2.12. The highest BCUT2D eigenvalue weighted by atomic mass is 32.2. The summed E-state index contributed by atoms with van der Waals surface area (Å²) < 4.78 is 0. The lowest BCUT2D eigenvalue weighted by Crippen LogP contribution is -2.30. The van der Waals surface area contributed by atoms with Gasteiger partial charge in [0.15, 0.2) is 5.16 Å². The third-order valence-corrected chi connectivity index (χ3v) is 7.21. The van der Waals surface area contributed by atoms with E-state index in [-0.39, 0.29) is 11.2 Å². The summed E-state index contributed by atoms with van der Waals surface area (Å²) in [4.78, 5) is 24.0. The summed E-state index contributed by atoms with van der Waals surface area (Å²) in [6.45, 7) is 4.44. The van der Waals surface area contributed by atoms with Crippen molar-refractivity contribution in [2.24, 2.45) is 0 Å².